The summed E-state index contributed by atoms with van der Waals surface area (Å²) in [7, 11) is 1.68. The topological polar surface area (TPSA) is 47.0 Å². The molecule has 1 N–H and O–H groups in total. The number of hydrogen-bond acceptors (Lipinski definition) is 5. The quantitative estimate of drug-likeness (QED) is 0.840. The lowest BCUT2D eigenvalue weighted by Crippen LogP contribution is -2.24. The van der Waals surface area contributed by atoms with E-state index < -0.39 is 0 Å². The smallest absolute Gasteiger partial charge is 0.124 e. The lowest BCUT2D eigenvalue weighted by atomic mass is 10.0. The lowest BCUT2D eigenvalue weighted by molar-refractivity contribution is 0.404. The van der Waals surface area contributed by atoms with Gasteiger partial charge in [0.2, 0.25) is 0 Å². The van der Waals surface area contributed by atoms with Gasteiger partial charge in [-0.05, 0) is 49.1 Å². The fraction of sp³-hybridized carbons (Fsp3) is 0.467. The van der Waals surface area contributed by atoms with E-state index in [4.69, 9.17) is 16.3 Å². The Morgan fingerprint density at radius 3 is 2.86 bits per heavy atom. The molecule has 1 unspecified atom stereocenters. The van der Waals surface area contributed by atoms with E-state index in [2.05, 4.69) is 28.8 Å². The number of nitrogens with zero attached hydrogens (tertiary/aromatic N) is 2. The number of rotatable bonds is 7. The van der Waals surface area contributed by atoms with Crippen molar-refractivity contribution in [3.8, 4) is 5.75 Å². The van der Waals surface area contributed by atoms with E-state index in [0.29, 0.717) is 5.02 Å². The van der Waals surface area contributed by atoms with Crippen LogP contribution in [0, 0.1) is 0 Å². The molecular formula is C15H20ClN3OS. The number of hydrogen-bond donors (Lipinski definition) is 1. The Morgan fingerprint density at radius 2 is 2.19 bits per heavy atom. The van der Waals surface area contributed by atoms with Crippen LogP contribution in [0.4, 0.5) is 0 Å². The Bertz CT molecular complexity index is 588. The number of aromatic nitrogens is 2. The summed E-state index contributed by atoms with van der Waals surface area (Å²) < 4.78 is 9.60. The normalized spacial score (nSPS) is 12.4. The maximum absolute atomic E-state index is 6.18. The molecule has 114 valence electrons. The third kappa shape index (κ3) is 3.73. The fourth-order valence-corrected chi connectivity index (χ4v) is 3.26. The average Bonchev–Trinajstić information content (AvgIpc) is 2.96. The van der Waals surface area contributed by atoms with E-state index in [1.807, 2.05) is 18.2 Å². The van der Waals surface area contributed by atoms with Crippen molar-refractivity contribution >= 4 is 23.1 Å². The highest BCUT2D eigenvalue weighted by Crippen LogP contribution is 2.35. The lowest BCUT2D eigenvalue weighted by Gasteiger charge is -2.21. The van der Waals surface area contributed by atoms with Crippen LogP contribution < -0.4 is 10.1 Å². The molecule has 2 aromatic rings. The number of aryl methyl sites for hydroxylation is 1. The van der Waals surface area contributed by atoms with Gasteiger partial charge in [-0.2, -0.15) is 0 Å². The summed E-state index contributed by atoms with van der Waals surface area (Å²) in [6.45, 7) is 5.14. The molecule has 0 aliphatic heterocycles. The van der Waals surface area contributed by atoms with Gasteiger partial charge in [0, 0.05) is 10.6 Å². The zero-order chi connectivity index (χ0) is 15.2. The van der Waals surface area contributed by atoms with Gasteiger partial charge in [0.1, 0.15) is 5.75 Å². The predicted molar refractivity (Wildman–Crippen MR) is 87.4 cm³/mol. The maximum Gasteiger partial charge on any atom is 0.124 e. The second-order valence-electron chi connectivity index (χ2n) is 4.71. The summed E-state index contributed by atoms with van der Waals surface area (Å²) in [6, 6.07) is 5.70. The zero-order valence-electron chi connectivity index (χ0n) is 12.5. The van der Waals surface area contributed by atoms with Crippen LogP contribution in [0.15, 0.2) is 18.2 Å². The second-order valence-corrected chi connectivity index (χ2v) is 5.93. The first-order valence-electron chi connectivity index (χ1n) is 7.09. The van der Waals surface area contributed by atoms with Crippen LogP contribution >= 0.6 is 23.1 Å². The summed E-state index contributed by atoms with van der Waals surface area (Å²) in [5, 5.41) is 8.48. The van der Waals surface area contributed by atoms with E-state index in [0.717, 1.165) is 41.3 Å². The molecule has 4 nitrogen and oxygen atoms in total. The van der Waals surface area contributed by atoms with Crippen LogP contribution in [-0.2, 0) is 6.42 Å². The van der Waals surface area contributed by atoms with E-state index in [-0.39, 0.29) is 6.04 Å². The highest BCUT2D eigenvalue weighted by atomic mass is 35.5. The first kappa shape index (κ1) is 16.2. The summed E-state index contributed by atoms with van der Waals surface area (Å²) in [4.78, 5) is 1.13. The van der Waals surface area contributed by atoms with Crippen molar-refractivity contribution in [1.82, 2.24) is 14.9 Å². The third-order valence-electron chi connectivity index (χ3n) is 3.28. The molecule has 6 heteroatoms. The largest absolute Gasteiger partial charge is 0.496 e. The maximum atomic E-state index is 6.18. The van der Waals surface area contributed by atoms with Gasteiger partial charge >= 0.3 is 0 Å². The average molecular weight is 326 g/mol. The molecule has 0 amide bonds. The molecule has 0 spiro atoms. The standard InChI is InChI=1S/C15H20ClN3OS/c1-4-8-17-14(15-12(5-2)18-19-21-15)11-9-10(16)6-7-13(11)20-3/h6-7,9,14,17H,4-5,8H2,1-3H3. The van der Waals surface area contributed by atoms with Crippen molar-refractivity contribution in [2.75, 3.05) is 13.7 Å². The number of methoxy groups -OCH3 is 1. The van der Waals surface area contributed by atoms with Crippen molar-refractivity contribution in [1.29, 1.82) is 0 Å². The van der Waals surface area contributed by atoms with Crippen LogP contribution in [-0.4, -0.2) is 23.2 Å². The molecule has 0 saturated heterocycles. The Hall–Kier alpha value is -1.17. The summed E-state index contributed by atoms with van der Waals surface area (Å²) in [6.07, 6.45) is 1.91. The van der Waals surface area contributed by atoms with Crippen molar-refractivity contribution in [3.05, 3.63) is 39.4 Å². The van der Waals surface area contributed by atoms with Gasteiger partial charge in [-0.15, -0.1) is 5.10 Å². The van der Waals surface area contributed by atoms with E-state index in [1.165, 1.54) is 11.5 Å². The van der Waals surface area contributed by atoms with Crippen molar-refractivity contribution in [2.24, 2.45) is 0 Å². The van der Waals surface area contributed by atoms with E-state index in [9.17, 15) is 0 Å². The van der Waals surface area contributed by atoms with E-state index >= 15 is 0 Å². The molecule has 0 aliphatic rings. The van der Waals surface area contributed by atoms with Crippen LogP contribution in [0.1, 0.15) is 42.4 Å². The SMILES string of the molecule is CCCNC(c1cc(Cl)ccc1OC)c1snnc1CC. The zero-order valence-corrected chi connectivity index (χ0v) is 14.1. The van der Waals surface area contributed by atoms with Gasteiger partial charge in [-0.1, -0.05) is 29.9 Å². The summed E-state index contributed by atoms with van der Waals surface area (Å²) >= 11 is 7.61. The molecule has 21 heavy (non-hydrogen) atoms. The van der Waals surface area contributed by atoms with Gasteiger partial charge in [0.05, 0.1) is 23.7 Å². The number of nitrogens with one attached hydrogen (secondary N) is 1. The second kappa shape index (κ2) is 7.73. The monoisotopic (exact) mass is 325 g/mol. The Morgan fingerprint density at radius 1 is 1.38 bits per heavy atom. The highest BCUT2D eigenvalue weighted by Gasteiger charge is 2.23. The number of ether oxygens (including phenoxy) is 1. The molecule has 1 heterocycles. The molecular weight excluding hydrogens is 306 g/mol. The van der Waals surface area contributed by atoms with Gasteiger partial charge in [0.15, 0.2) is 0 Å². The Labute approximate surface area is 134 Å². The van der Waals surface area contributed by atoms with Gasteiger partial charge in [0.25, 0.3) is 0 Å². The predicted octanol–water partition coefficient (Wildman–Crippen LogP) is 3.85. The van der Waals surface area contributed by atoms with Gasteiger partial charge in [-0.25, -0.2) is 0 Å². The number of halogens is 1. The molecule has 0 radical (unpaired) electrons. The minimum absolute atomic E-state index is 0.00792. The molecule has 0 saturated carbocycles. The summed E-state index contributed by atoms with van der Waals surface area (Å²) in [5.41, 5.74) is 2.05. The molecule has 0 aliphatic carbocycles. The van der Waals surface area contributed by atoms with Crippen molar-refractivity contribution in [3.63, 3.8) is 0 Å². The van der Waals surface area contributed by atoms with Gasteiger partial charge < -0.3 is 10.1 Å². The molecule has 2 rings (SSSR count). The number of benzene rings is 1. The Kier molecular flexibility index (Phi) is 5.96. The van der Waals surface area contributed by atoms with Crippen molar-refractivity contribution < 1.29 is 4.74 Å². The van der Waals surface area contributed by atoms with Crippen LogP contribution in [0.3, 0.4) is 0 Å². The van der Waals surface area contributed by atoms with Crippen LogP contribution in [0.2, 0.25) is 5.02 Å². The minimum Gasteiger partial charge on any atom is -0.496 e. The molecule has 1 aromatic carbocycles. The van der Waals surface area contributed by atoms with Crippen molar-refractivity contribution in [2.45, 2.75) is 32.7 Å². The summed E-state index contributed by atoms with van der Waals surface area (Å²) in [5.74, 6) is 0.823. The fourth-order valence-electron chi connectivity index (χ4n) is 2.24. The minimum atomic E-state index is 0.00792. The van der Waals surface area contributed by atoms with Crippen LogP contribution in [0.25, 0.3) is 0 Å². The molecule has 1 aromatic heterocycles. The first-order valence-corrected chi connectivity index (χ1v) is 8.24. The molecule has 1 atom stereocenters. The highest BCUT2D eigenvalue weighted by molar-refractivity contribution is 7.05. The molecule has 0 fully saturated rings. The third-order valence-corrected chi connectivity index (χ3v) is 4.35. The van der Waals surface area contributed by atoms with Gasteiger partial charge in [-0.3, -0.25) is 0 Å². The molecule has 0 bridgehead atoms. The first-order chi connectivity index (χ1) is 10.2. The Balaban J connectivity index is 2.47. The van der Waals surface area contributed by atoms with Crippen LogP contribution in [0.5, 0.6) is 5.75 Å². The van der Waals surface area contributed by atoms with E-state index in [1.54, 1.807) is 7.11 Å².